The molecule has 5 aromatic rings. The highest BCUT2D eigenvalue weighted by atomic mass is 32.1. The number of aromatic nitrogens is 2. The van der Waals surface area contributed by atoms with Crippen LogP contribution in [0.15, 0.2) is 85.2 Å². The van der Waals surface area contributed by atoms with Gasteiger partial charge in [-0.1, -0.05) is 71.8 Å². The van der Waals surface area contributed by atoms with E-state index < -0.39 is 0 Å². The van der Waals surface area contributed by atoms with Crippen molar-refractivity contribution in [3.8, 4) is 0 Å². The zero-order valence-electron chi connectivity index (χ0n) is 21.0. The van der Waals surface area contributed by atoms with Crippen molar-refractivity contribution in [2.75, 3.05) is 10.6 Å². The van der Waals surface area contributed by atoms with E-state index in [1.165, 1.54) is 44.9 Å². The fourth-order valence-electron chi connectivity index (χ4n) is 3.92. The van der Waals surface area contributed by atoms with Gasteiger partial charge in [-0.05, 0) is 37.1 Å². The molecule has 3 aromatic carbocycles. The summed E-state index contributed by atoms with van der Waals surface area (Å²) in [5.74, 6) is -0.766. The number of nitrogens with zero attached hydrogens (tertiary/aromatic N) is 2. The summed E-state index contributed by atoms with van der Waals surface area (Å²) in [6, 6.07) is 23.4. The van der Waals surface area contributed by atoms with Gasteiger partial charge in [0.25, 0.3) is 11.8 Å². The van der Waals surface area contributed by atoms with E-state index in [0.29, 0.717) is 10.3 Å². The van der Waals surface area contributed by atoms with Crippen molar-refractivity contribution < 1.29 is 9.59 Å². The summed E-state index contributed by atoms with van der Waals surface area (Å²) in [7, 11) is 0. The molecule has 5 rings (SSSR count). The Morgan fingerprint density at radius 3 is 1.42 bits per heavy atom. The van der Waals surface area contributed by atoms with E-state index in [9.17, 15) is 9.59 Å². The number of hydrogen-bond acceptors (Lipinski definition) is 6. The third-order valence-electron chi connectivity index (χ3n) is 5.96. The number of thiazole rings is 2. The minimum Gasteiger partial charge on any atom is -0.298 e. The number of rotatable bonds is 8. The van der Waals surface area contributed by atoms with E-state index in [0.717, 1.165) is 22.6 Å². The first-order chi connectivity index (χ1) is 18.4. The Bertz CT molecular complexity index is 1450. The molecular weight excluding hydrogens is 512 g/mol. The molecule has 0 unspecified atom stereocenters. The van der Waals surface area contributed by atoms with Gasteiger partial charge in [0, 0.05) is 35.0 Å². The van der Waals surface area contributed by atoms with E-state index in [1.807, 2.05) is 0 Å². The number of hydrogen-bond donors (Lipinski definition) is 2. The fraction of sp³-hybridized carbons (Fsp3) is 0.133. The van der Waals surface area contributed by atoms with Gasteiger partial charge < -0.3 is 0 Å². The molecule has 0 aliphatic carbocycles. The van der Waals surface area contributed by atoms with Gasteiger partial charge in [-0.15, -0.1) is 22.7 Å². The molecule has 2 aromatic heterocycles. The molecule has 0 aliphatic heterocycles. The maximum Gasteiger partial charge on any atom is 0.258 e. The van der Waals surface area contributed by atoms with Crippen molar-refractivity contribution in [3.63, 3.8) is 0 Å². The third-order valence-corrected chi connectivity index (χ3v) is 7.79. The second-order valence-corrected chi connectivity index (χ2v) is 11.3. The second-order valence-electron chi connectivity index (χ2n) is 9.04. The molecule has 2 N–H and O–H groups in total. The molecule has 2 heterocycles. The van der Waals surface area contributed by atoms with Crippen molar-refractivity contribution >= 4 is 44.8 Å². The van der Waals surface area contributed by atoms with Crippen LogP contribution in [0, 0.1) is 13.8 Å². The van der Waals surface area contributed by atoms with Crippen LogP contribution in [-0.4, -0.2) is 21.8 Å². The van der Waals surface area contributed by atoms with E-state index in [4.69, 9.17) is 0 Å². The van der Waals surface area contributed by atoms with Crippen LogP contribution in [0.4, 0.5) is 10.3 Å². The molecule has 0 saturated carbocycles. The molecule has 0 saturated heterocycles. The molecule has 0 radical (unpaired) electrons. The predicted octanol–water partition coefficient (Wildman–Crippen LogP) is 6.90. The molecule has 0 spiro atoms. The van der Waals surface area contributed by atoms with Crippen LogP contribution >= 0.6 is 22.7 Å². The summed E-state index contributed by atoms with van der Waals surface area (Å²) in [5, 5.41) is 6.67. The van der Waals surface area contributed by atoms with Crippen molar-refractivity contribution in [1.82, 2.24) is 9.97 Å². The number of carbonyl (C=O) groups is 2. The SMILES string of the molecule is Cc1ccc(Cc2cnc(NC(=O)c3ccccc3C(=O)Nc3ncc(Cc4ccc(C)cc4)s3)s2)cc1. The highest BCUT2D eigenvalue weighted by Crippen LogP contribution is 2.24. The maximum absolute atomic E-state index is 13.1. The molecule has 0 bridgehead atoms. The average molecular weight is 539 g/mol. The van der Waals surface area contributed by atoms with Crippen LogP contribution in [0.5, 0.6) is 0 Å². The Labute approximate surface area is 229 Å². The van der Waals surface area contributed by atoms with Gasteiger partial charge in [-0.25, -0.2) is 9.97 Å². The Morgan fingerprint density at radius 2 is 1.03 bits per heavy atom. The summed E-state index contributed by atoms with van der Waals surface area (Å²) in [6.07, 6.45) is 5.03. The number of anilines is 2. The normalized spacial score (nSPS) is 10.8. The Morgan fingerprint density at radius 1 is 0.632 bits per heavy atom. The summed E-state index contributed by atoms with van der Waals surface area (Å²) < 4.78 is 0. The quantitative estimate of drug-likeness (QED) is 0.225. The lowest BCUT2D eigenvalue weighted by molar-refractivity contribution is 0.0990. The first-order valence-electron chi connectivity index (χ1n) is 12.2. The number of aryl methyl sites for hydroxylation is 2. The number of benzene rings is 3. The standard InChI is InChI=1S/C30H26N4O2S2/c1-19-7-11-21(12-8-19)15-23-17-31-29(37-23)33-27(35)25-5-3-4-6-26(25)28(36)34-30-32-18-24(38-30)16-22-13-9-20(2)10-14-22/h3-14,17-18H,15-16H2,1-2H3,(H,31,33,35)(H,32,34,36). The summed E-state index contributed by atoms with van der Waals surface area (Å²) in [4.78, 5) is 37.0. The number of carbonyl (C=O) groups excluding carboxylic acids is 2. The van der Waals surface area contributed by atoms with E-state index in [2.05, 4.69) is 83.0 Å². The highest BCUT2D eigenvalue weighted by molar-refractivity contribution is 7.16. The molecule has 0 aliphatic rings. The Balaban J connectivity index is 1.23. The number of nitrogens with one attached hydrogen (secondary N) is 2. The Hall–Kier alpha value is -4.14. The zero-order chi connectivity index (χ0) is 26.5. The minimum atomic E-state index is -0.383. The largest absolute Gasteiger partial charge is 0.298 e. The highest BCUT2D eigenvalue weighted by Gasteiger charge is 2.19. The van der Waals surface area contributed by atoms with Gasteiger partial charge in [-0.3, -0.25) is 20.2 Å². The van der Waals surface area contributed by atoms with Crippen LogP contribution in [-0.2, 0) is 12.8 Å². The average Bonchev–Trinajstić information content (AvgIpc) is 3.55. The molecule has 8 heteroatoms. The van der Waals surface area contributed by atoms with Crippen LogP contribution < -0.4 is 10.6 Å². The van der Waals surface area contributed by atoms with Crippen molar-refractivity contribution in [2.45, 2.75) is 26.7 Å². The van der Waals surface area contributed by atoms with Gasteiger partial charge >= 0.3 is 0 Å². The van der Waals surface area contributed by atoms with Gasteiger partial charge in [0.05, 0.1) is 11.1 Å². The lowest BCUT2D eigenvalue weighted by atomic mass is 10.1. The van der Waals surface area contributed by atoms with Gasteiger partial charge in [-0.2, -0.15) is 0 Å². The van der Waals surface area contributed by atoms with Crippen LogP contribution in [0.3, 0.4) is 0 Å². The molecular formula is C30H26N4O2S2. The lowest BCUT2D eigenvalue weighted by Gasteiger charge is -2.08. The van der Waals surface area contributed by atoms with Gasteiger partial charge in [0.1, 0.15) is 0 Å². The third kappa shape index (κ3) is 6.40. The van der Waals surface area contributed by atoms with Crippen LogP contribution in [0.1, 0.15) is 52.7 Å². The molecule has 38 heavy (non-hydrogen) atoms. The van der Waals surface area contributed by atoms with Crippen LogP contribution in [0.2, 0.25) is 0 Å². The van der Waals surface area contributed by atoms with Crippen molar-refractivity contribution in [3.05, 3.63) is 128 Å². The molecule has 0 atom stereocenters. The molecule has 190 valence electrons. The Kier molecular flexibility index (Phi) is 7.72. The molecule has 6 nitrogen and oxygen atoms in total. The summed E-state index contributed by atoms with van der Waals surface area (Å²) in [6.45, 7) is 4.12. The van der Waals surface area contributed by atoms with E-state index in [-0.39, 0.29) is 22.9 Å². The summed E-state index contributed by atoms with van der Waals surface area (Å²) in [5.41, 5.74) is 5.35. The van der Waals surface area contributed by atoms with Crippen LogP contribution in [0.25, 0.3) is 0 Å². The second kappa shape index (κ2) is 11.5. The topological polar surface area (TPSA) is 84.0 Å². The smallest absolute Gasteiger partial charge is 0.258 e. The van der Waals surface area contributed by atoms with Crippen molar-refractivity contribution in [2.24, 2.45) is 0 Å². The molecule has 0 fully saturated rings. The monoisotopic (exact) mass is 538 g/mol. The van der Waals surface area contributed by atoms with Crippen molar-refractivity contribution in [1.29, 1.82) is 0 Å². The first-order valence-corrected chi connectivity index (χ1v) is 13.8. The van der Waals surface area contributed by atoms with E-state index >= 15 is 0 Å². The van der Waals surface area contributed by atoms with E-state index in [1.54, 1.807) is 36.7 Å². The zero-order valence-corrected chi connectivity index (χ0v) is 22.7. The first kappa shape index (κ1) is 25.5. The number of amides is 2. The lowest BCUT2D eigenvalue weighted by Crippen LogP contribution is -2.20. The minimum absolute atomic E-state index is 0.275. The fourth-order valence-corrected chi connectivity index (χ4v) is 5.60. The molecule has 2 amide bonds. The summed E-state index contributed by atoms with van der Waals surface area (Å²) >= 11 is 2.85. The van der Waals surface area contributed by atoms with Gasteiger partial charge in [0.15, 0.2) is 10.3 Å². The maximum atomic E-state index is 13.1. The van der Waals surface area contributed by atoms with Gasteiger partial charge in [0.2, 0.25) is 0 Å². The predicted molar refractivity (Wildman–Crippen MR) is 155 cm³/mol.